The SMILES string of the molecule is Cc1ccc(-c2nc(C(=O)Nc3c(C)cccc3C)nn2-c2ccc(Br)cc2)cc1. The molecule has 150 valence electrons. The zero-order chi connectivity index (χ0) is 21.3. The van der Waals surface area contributed by atoms with Gasteiger partial charge in [0.1, 0.15) is 0 Å². The zero-order valence-electron chi connectivity index (χ0n) is 17.0. The molecule has 5 nitrogen and oxygen atoms in total. The van der Waals surface area contributed by atoms with Crippen molar-refractivity contribution in [2.45, 2.75) is 20.8 Å². The number of amides is 1. The van der Waals surface area contributed by atoms with Crippen molar-refractivity contribution in [2.75, 3.05) is 5.32 Å². The summed E-state index contributed by atoms with van der Waals surface area (Å²) in [5, 5.41) is 7.51. The van der Waals surface area contributed by atoms with Crippen molar-refractivity contribution in [1.29, 1.82) is 0 Å². The van der Waals surface area contributed by atoms with E-state index < -0.39 is 0 Å². The van der Waals surface area contributed by atoms with Crippen LogP contribution in [-0.2, 0) is 0 Å². The number of aromatic nitrogens is 3. The minimum atomic E-state index is -0.336. The molecule has 0 fully saturated rings. The fourth-order valence-corrected chi connectivity index (χ4v) is 3.51. The molecule has 1 amide bonds. The van der Waals surface area contributed by atoms with Crippen LogP contribution >= 0.6 is 15.9 Å². The Morgan fingerprint density at radius 2 is 1.53 bits per heavy atom. The molecule has 0 bridgehead atoms. The normalized spacial score (nSPS) is 10.8. The molecule has 0 aliphatic carbocycles. The van der Waals surface area contributed by atoms with Gasteiger partial charge in [-0.2, -0.15) is 0 Å². The summed E-state index contributed by atoms with van der Waals surface area (Å²) in [7, 11) is 0. The highest BCUT2D eigenvalue weighted by atomic mass is 79.9. The largest absolute Gasteiger partial charge is 0.319 e. The highest BCUT2D eigenvalue weighted by molar-refractivity contribution is 9.10. The lowest BCUT2D eigenvalue weighted by atomic mass is 10.1. The van der Waals surface area contributed by atoms with E-state index in [1.165, 1.54) is 0 Å². The average Bonchev–Trinajstić information content (AvgIpc) is 3.17. The first-order chi connectivity index (χ1) is 14.4. The number of halogens is 1. The predicted molar refractivity (Wildman–Crippen MR) is 123 cm³/mol. The lowest BCUT2D eigenvalue weighted by Gasteiger charge is -2.09. The molecule has 0 radical (unpaired) electrons. The third-order valence-electron chi connectivity index (χ3n) is 4.91. The number of nitrogens with one attached hydrogen (secondary N) is 1. The zero-order valence-corrected chi connectivity index (χ0v) is 18.6. The quantitative estimate of drug-likeness (QED) is 0.413. The summed E-state index contributed by atoms with van der Waals surface area (Å²) in [5.41, 5.74) is 5.65. The predicted octanol–water partition coefficient (Wildman–Crippen LogP) is 5.87. The highest BCUT2D eigenvalue weighted by Crippen LogP contribution is 2.24. The molecule has 0 saturated carbocycles. The smallest absolute Gasteiger partial charge is 0.295 e. The van der Waals surface area contributed by atoms with Gasteiger partial charge in [0, 0.05) is 15.7 Å². The number of nitrogens with zero attached hydrogens (tertiary/aromatic N) is 3. The number of hydrogen-bond acceptors (Lipinski definition) is 3. The number of rotatable bonds is 4. The molecule has 0 aliphatic rings. The van der Waals surface area contributed by atoms with E-state index in [-0.39, 0.29) is 11.7 Å². The molecule has 0 spiro atoms. The van der Waals surface area contributed by atoms with Crippen molar-refractivity contribution in [1.82, 2.24) is 14.8 Å². The minimum absolute atomic E-state index is 0.121. The van der Waals surface area contributed by atoms with Gasteiger partial charge in [0.2, 0.25) is 5.82 Å². The van der Waals surface area contributed by atoms with E-state index in [4.69, 9.17) is 0 Å². The van der Waals surface area contributed by atoms with Crippen molar-refractivity contribution in [3.8, 4) is 17.1 Å². The Labute approximate surface area is 183 Å². The van der Waals surface area contributed by atoms with Crippen LogP contribution in [0, 0.1) is 20.8 Å². The first kappa shape index (κ1) is 20.0. The Morgan fingerprint density at radius 1 is 0.900 bits per heavy atom. The van der Waals surface area contributed by atoms with Crippen LogP contribution in [0.4, 0.5) is 5.69 Å². The number of aryl methyl sites for hydroxylation is 3. The van der Waals surface area contributed by atoms with E-state index in [0.29, 0.717) is 5.82 Å². The van der Waals surface area contributed by atoms with Gasteiger partial charge < -0.3 is 5.32 Å². The molecular formula is C24H21BrN4O. The third-order valence-corrected chi connectivity index (χ3v) is 5.44. The number of anilines is 1. The summed E-state index contributed by atoms with van der Waals surface area (Å²) in [5.74, 6) is 0.400. The summed E-state index contributed by atoms with van der Waals surface area (Å²) in [4.78, 5) is 17.6. The maximum Gasteiger partial charge on any atom is 0.295 e. The van der Waals surface area contributed by atoms with Gasteiger partial charge in [-0.05, 0) is 56.2 Å². The van der Waals surface area contributed by atoms with Crippen LogP contribution in [0.5, 0.6) is 0 Å². The van der Waals surface area contributed by atoms with Crippen LogP contribution in [0.3, 0.4) is 0 Å². The second-order valence-corrected chi connectivity index (χ2v) is 8.15. The van der Waals surface area contributed by atoms with Crippen LogP contribution in [-0.4, -0.2) is 20.7 Å². The minimum Gasteiger partial charge on any atom is -0.319 e. The van der Waals surface area contributed by atoms with E-state index in [1.54, 1.807) is 4.68 Å². The van der Waals surface area contributed by atoms with Gasteiger partial charge >= 0.3 is 0 Å². The van der Waals surface area contributed by atoms with Crippen molar-refractivity contribution in [3.63, 3.8) is 0 Å². The monoisotopic (exact) mass is 460 g/mol. The van der Waals surface area contributed by atoms with Crippen LogP contribution in [0.25, 0.3) is 17.1 Å². The van der Waals surface area contributed by atoms with Crippen LogP contribution < -0.4 is 5.32 Å². The van der Waals surface area contributed by atoms with E-state index in [2.05, 4.69) is 31.3 Å². The topological polar surface area (TPSA) is 59.8 Å². The lowest BCUT2D eigenvalue weighted by molar-refractivity contribution is 0.101. The molecule has 4 rings (SSSR count). The highest BCUT2D eigenvalue weighted by Gasteiger charge is 2.20. The maximum atomic E-state index is 13.0. The molecule has 0 aliphatic heterocycles. The number of carbonyl (C=O) groups excluding carboxylic acids is 1. The fraction of sp³-hybridized carbons (Fsp3) is 0.125. The van der Waals surface area contributed by atoms with Gasteiger partial charge in [-0.3, -0.25) is 4.79 Å². The summed E-state index contributed by atoms with van der Waals surface area (Å²) in [6.45, 7) is 5.97. The van der Waals surface area contributed by atoms with Gasteiger partial charge in [0.15, 0.2) is 5.82 Å². The fourth-order valence-electron chi connectivity index (χ4n) is 3.24. The first-order valence-corrected chi connectivity index (χ1v) is 10.4. The van der Waals surface area contributed by atoms with Gasteiger partial charge in [-0.15, -0.1) is 5.10 Å². The van der Waals surface area contributed by atoms with Gasteiger partial charge in [-0.1, -0.05) is 64.0 Å². The second-order valence-electron chi connectivity index (χ2n) is 7.23. The van der Waals surface area contributed by atoms with Gasteiger partial charge in [0.25, 0.3) is 5.91 Å². The molecule has 1 aromatic heterocycles. The average molecular weight is 461 g/mol. The standard InChI is InChI=1S/C24H21BrN4O/c1-15-7-9-18(10-8-15)23-27-22(28-29(23)20-13-11-19(25)12-14-20)24(30)26-21-16(2)5-4-6-17(21)3/h4-14H,1-3H3,(H,26,30). The Morgan fingerprint density at radius 3 is 2.17 bits per heavy atom. The number of hydrogen-bond donors (Lipinski definition) is 1. The molecule has 6 heteroatoms. The molecule has 0 saturated heterocycles. The maximum absolute atomic E-state index is 13.0. The van der Waals surface area contributed by atoms with E-state index >= 15 is 0 Å². The van der Waals surface area contributed by atoms with Gasteiger partial charge in [0.05, 0.1) is 5.69 Å². The van der Waals surface area contributed by atoms with Crippen molar-refractivity contribution in [2.24, 2.45) is 0 Å². The number of para-hydroxylation sites is 1. The van der Waals surface area contributed by atoms with Crippen LogP contribution in [0.1, 0.15) is 27.3 Å². The summed E-state index contributed by atoms with van der Waals surface area (Å²) >= 11 is 3.46. The number of carbonyl (C=O) groups is 1. The van der Waals surface area contributed by atoms with Gasteiger partial charge in [-0.25, -0.2) is 9.67 Å². The van der Waals surface area contributed by atoms with Crippen molar-refractivity contribution >= 4 is 27.5 Å². The molecule has 30 heavy (non-hydrogen) atoms. The molecule has 0 atom stereocenters. The Balaban J connectivity index is 1.77. The van der Waals surface area contributed by atoms with Crippen molar-refractivity contribution in [3.05, 3.63) is 93.7 Å². The molecular weight excluding hydrogens is 440 g/mol. The molecule has 3 aromatic carbocycles. The Kier molecular flexibility index (Phi) is 5.50. The Bertz CT molecular complexity index is 1130. The van der Waals surface area contributed by atoms with Crippen LogP contribution in [0.2, 0.25) is 0 Å². The van der Waals surface area contributed by atoms with E-state index in [9.17, 15) is 4.79 Å². The molecule has 0 unspecified atom stereocenters. The van der Waals surface area contributed by atoms with E-state index in [0.717, 1.165) is 38.1 Å². The second kappa shape index (κ2) is 8.24. The lowest BCUT2D eigenvalue weighted by Crippen LogP contribution is -2.16. The molecule has 1 heterocycles. The first-order valence-electron chi connectivity index (χ1n) is 9.60. The van der Waals surface area contributed by atoms with Crippen molar-refractivity contribution < 1.29 is 4.79 Å². The Hall–Kier alpha value is -3.25. The van der Waals surface area contributed by atoms with E-state index in [1.807, 2.05) is 87.5 Å². The summed E-state index contributed by atoms with van der Waals surface area (Å²) < 4.78 is 2.67. The number of benzene rings is 3. The summed E-state index contributed by atoms with van der Waals surface area (Å²) in [6, 6.07) is 21.7. The molecule has 1 N–H and O–H groups in total. The third kappa shape index (κ3) is 4.04. The van der Waals surface area contributed by atoms with Crippen LogP contribution in [0.15, 0.2) is 71.2 Å². The summed E-state index contributed by atoms with van der Waals surface area (Å²) in [6.07, 6.45) is 0. The molecule has 4 aromatic rings.